The standard InChI is InChI=1S/C19H23N3O2/c1-15-7-8-19(24-15)18-6-4-3-5-16(18)12-22(9-10-23)13-17-11-20-14-21(17)2/h3-8,11,14,23H,9-10,12-13H2,1-2H3. The summed E-state index contributed by atoms with van der Waals surface area (Å²) < 4.78 is 7.80. The predicted octanol–water partition coefficient (Wildman–Crippen LogP) is 2.98. The van der Waals surface area contributed by atoms with Gasteiger partial charge in [0.1, 0.15) is 11.5 Å². The number of aliphatic hydroxyl groups excluding tert-OH is 1. The first-order chi connectivity index (χ1) is 11.7. The third-order valence-corrected chi connectivity index (χ3v) is 4.14. The second-order valence-electron chi connectivity index (χ2n) is 6.00. The van der Waals surface area contributed by atoms with E-state index in [0.29, 0.717) is 6.54 Å². The van der Waals surface area contributed by atoms with Gasteiger partial charge in [0.2, 0.25) is 0 Å². The van der Waals surface area contributed by atoms with Crippen molar-refractivity contribution in [3.63, 3.8) is 0 Å². The van der Waals surface area contributed by atoms with Crippen molar-refractivity contribution in [2.75, 3.05) is 13.2 Å². The maximum atomic E-state index is 9.42. The summed E-state index contributed by atoms with van der Waals surface area (Å²) in [6, 6.07) is 12.2. The normalized spacial score (nSPS) is 11.3. The van der Waals surface area contributed by atoms with Crippen LogP contribution in [0, 0.1) is 6.92 Å². The van der Waals surface area contributed by atoms with Crippen molar-refractivity contribution >= 4 is 0 Å². The molecule has 0 radical (unpaired) electrons. The molecule has 0 amide bonds. The fourth-order valence-electron chi connectivity index (χ4n) is 2.84. The number of aryl methyl sites for hydroxylation is 2. The highest BCUT2D eigenvalue weighted by molar-refractivity contribution is 5.62. The summed E-state index contributed by atoms with van der Waals surface area (Å²) in [4.78, 5) is 6.38. The first kappa shape index (κ1) is 16.5. The minimum absolute atomic E-state index is 0.125. The molecule has 0 aliphatic heterocycles. The van der Waals surface area contributed by atoms with Gasteiger partial charge >= 0.3 is 0 Å². The second-order valence-corrected chi connectivity index (χ2v) is 6.00. The van der Waals surface area contributed by atoms with Crippen LogP contribution in [0.4, 0.5) is 0 Å². The highest BCUT2D eigenvalue weighted by Crippen LogP contribution is 2.27. The monoisotopic (exact) mass is 325 g/mol. The van der Waals surface area contributed by atoms with Gasteiger partial charge in [-0.3, -0.25) is 4.90 Å². The van der Waals surface area contributed by atoms with Crippen LogP contribution in [-0.2, 0) is 20.1 Å². The molecule has 0 saturated carbocycles. The lowest BCUT2D eigenvalue weighted by molar-refractivity contribution is 0.182. The summed E-state index contributed by atoms with van der Waals surface area (Å²) in [6.07, 6.45) is 3.66. The summed E-state index contributed by atoms with van der Waals surface area (Å²) in [7, 11) is 1.99. The number of imidazole rings is 1. The minimum Gasteiger partial charge on any atom is -0.461 e. The molecule has 5 heteroatoms. The Balaban J connectivity index is 1.83. The van der Waals surface area contributed by atoms with Crippen LogP contribution in [0.3, 0.4) is 0 Å². The van der Waals surface area contributed by atoms with Gasteiger partial charge in [-0.2, -0.15) is 0 Å². The highest BCUT2D eigenvalue weighted by atomic mass is 16.3. The topological polar surface area (TPSA) is 54.4 Å². The van der Waals surface area contributed by atoms with Gasteiger partial charge in [0, 0.05) is 38.4 Å². The number of furan rings is 1. The van der Waals surface area contributed by atoms with Gasteiger partial charge in [0.25, 0.3) is 0 Å². The quantitative estimate of drug-likeness (QED) is 0.725. The van der Waals surface area contributed by atoms with Crippen molar-refractivity contribution in [3.05, 3.63) is 65.9 Å². The van der Waals surface area contributed by atoms with Crippen LogP contribution in [0.25, 0.3) is 11.3 Å². The highest BCUT2D eigenvalue weighted by Gasteiger charge is 2.13. The number of rotatable bonds is 7. The first-order valence-corrected chi connectivity index (χ1v) is 8.10. The van der Waals surface area contributed by atoms with Crippen LogP contribution >= 0.6 is 0 Å². The Kier molecular flexibility index (Phi) is 5.13. The molecule has 0 atom stereocenters. The van der Waals surface area contributed by atoms with E-state index >= 15 is 0 Å². The minimum atomic E-state index is 0.125. The Hall–Kier alpha value is -2.37. The molecule has 2 aromatic heterocycles. The van der Waals surface area contributed by atoms with Crippen molar-refractivity contribution in [2.24, 2.45) is 7.05 Å². The molecule has 126 valence electrons. The molecule has 0 fully saturated rings. The molecule has 0 unspecified atom stereocenters. The smallest absolute Gasteiger partial charge is 0.134 e. The van der Waals surface area contributed by atoms with Crippen LogP contribution < -0.4 is 0 Å². The third-order valence-electron chi connectivity index (χ3n) is 4.14. The fraction of sp³-hybridized carbons (Fsp3) is 0.316. The molecule has 3 aromatic rings. The molecular formula is C19H23N3O2. The van der Waals surface area contributed by atoms with E-state index in [-0.39, 0.29) is 6.61 Å². The Bertz CT molecular complexity index is 791. The average Bonchev–Trinajstić information content (AvgIpc) is 3.17. The lowest BCUT2D eigenvalue weighted by atomic mass is 10.0. The average molecular weight is 325 g/mol. The van der Waals surface area contributed by atoms with Gasteiger partial charge in [-0.05, 0) is 24.6 Å². The lowest BCUT2D eigenvalue weighted by Gasteiger charge is -2.22. The van der Waals surface area contributed by atoms with Crippen molar-refractivity contribution in [1.82, 2.24) is 14.5 Å². The van der Waals surface area contributed by atoms with Gasteiger partial charge in [0.15, 0.2) is 0 Å². The van der Waals surface area contributed by atoms with Gasteiger partial charge in [-0.25, -0.2) is 4.98 Å². The molecule has 0 aliphatic carbocycles. The van der Waals surface area contributed by atoms with Crippen LogP contribution in [0.1, 0.15) is 17.0 Å². The maximum Gasteiger partial charge on any atom is 0.134 e. The Morgan fingerprint density at radius 3 is 2.67 bits per heavy atom. The zero-order valence-electron chi connectivity index (χ0n) is 14.1. The van der Waals surface area contributed by atoms with Crippen LogP contribution in [0.2, 0.25) is 0 Å². The molecule has 2 heterocycles. The van der Waals surface area contributed by atoms with E-state index in [2.05, 4.69) is 22.0 Å². The van der Waals surface area contributed by atoms with E-state index in [9.17, 15) is 5.11 Å². The van der Waals surface area contributed by atoms with Crippen LogP contribution in [0.15, 0.2) is 53.3 Å². The number of aliphatic hydroxyl groups is 1. The summed E-state index contributed by atoms with van der Waals surface area (Å²) in [5.74, 6) is 1.79. The van der Waals surface area contributed by atoms with Crippen LogP contribution in [-0.4, -0.2) is 32.7 Å². The summed E-state index contributed by atoms with van der Waals surface area (Å²) in [6.45, 7) is 4.16. The fourth-order valence-corrected chi connectivity index (χ4v) is 2.84. The summed E-state index contributed by atoms with van der Waals surface area (Å²) >= 11 is 0. The third kappa shape index (κ3) is 3.75. The maximum absolute atomic E-state index is 9.42. The molecular weight excluding hydrogens is 302 g/mol. The zero-order chi connectivity index (χ0) is 16.9. The van der Waals surface area contributed by atoms with Gasteiger partial charge in [0.05, 0.1) is 18.6 Å². The summed E-state index contributed by atoms with van der Waals surface area (Å²) in [5.41, 5.74) is 3.40. The molecule has 24 heavy (non-hydrogen) atoms. The molecule has 0 spiro atoms. The molecule has 5 nitrogen and oxygen atoms in total. The summed E-state index contributed by atoms with van der Waals surface area (Å²) in [5, 5.41) is 9.42. The Morgan fingerprint density at radius 2 is 2.00 bits per heavy atom. The Labute approximate surface area is 142 Å². The number of benzene rings is 1. The van der Waals surface area contributed by atoms with E-state index in [0.717, 1.165) is 35.9 Å². The van der Waals surface area contributed by atoms with Crippen molar-refractivity contribution in [1.29, 1.82) is 0 Å². The molecule has 1 aromatic carbocycles. The SMILES string of the molecule is Cc1ccc(-c2ccccc2CN(CCO)Cc2cncn2C)o1. The molecule has 1 N–H and O–H groups in total. The number of hydrogen-bond acceptors (Lipinski definition) is 4. The number of hydrogen-bond donors (Lipinski definition) is 1. The molecule has 0 aliphatic rings. The first-order valence-electron chi connectivity index (χ1n) is 8.10. The molecule has 0 bridgehead atoms. The van der Waals surface area contributed by atoms with E-state index in [1.165, 1.54) is 5.56 Å². The van der Waals surface area contributed by atoms with Crippen molar-refractivity contribution in [3.8, 4) is 11.3 Å². The van der Waals surface area contributed by atoms with Crippen molar-refractivity contribution in [2.45, 2.75) is 20.0 Å². The van der Waals surface area contributed by atoms with Gasteiger partial charge < -0.3 is 14.1 Å². The van der Waals surface area contributed by atoms with Crippen molar-refractivity contribution < 1.29 is 9.52 Å². The van der Waals surface area contributed by atoms with E-state index < -0.39 is 0 Å². The largest absolute Gasteiger partial charge is 0.461 e. The van der Waals surface area contributed by atoms with E-state index in [4.69, 9.17) is 4.42 Å². The van der Waals surface area contributed by atoms with E-state index in [1.807, 2.05) is 49.0 Å². The van der Waals surface area contributed by atoms with E-state index in [1.54, 1.807) is 6.33 Å². The van der Waals surface area contributed by atoms with Gasteiger partial charge in [-0.1, -0.05) is 24.3 Å². The molecule has 3 rings (SSSR count). The zero-order valence-corrected chi connectivity index (χ0v) is 14.1. The second kappa shape index (κ2) is 7.47. The van der Waals surface area contributed by atoms with Gasteiger partial charge in [-0.15, -0.1) is 0 Å². The number of nitrogens with zero attached hydrogens (tertiary/aromatic N) is 3. The van der Waals surface area contributed by atoms with Crippen LogP contribution in [0.5, 0.6) is 0 Å². The predicted molar refractivity (Wildman–Crippen MR) is 93.3 cm³/mol. The Morgan fingerprint density at radius 1 is 1.17 bits per heavy atom. The number of aromatic nitrogens is 2. The molecule has 0 saturated heterocycles. The lowest BCUT2D eigenvalue weighted by Crippen LogP contribution is -2.27.